The molecule has 0 saturated carbocycles. The Kier molecular flexibility index (Phi) is 2.50. The molecule has 0 N–H and O–H groups in total. The summed E-state index contributed by atoms with van der Waals surface area (Å²) in [5.41, 5.74) is 0. The minimum atomic E-state index is 0.581. The van der Waals surface area contributed by atoms with Crippen molar-refractivity contribution in [3.05, 3.63) is 16.1 Å². The maximum absolute atomic E-state index is 4.58. The fourth-order valence-corrected chi connectivity index (χ4v) is 3.48. The van der Waals surface area contributed by atoms with Gasteiger partial charge >= 0.3 is 0 Å². The van der Waals surface area contributed by atoms with Gasteiger partial charge in [-0.1, -0.05) is 6.92 Å². The van der Waals surface area contributed by atoms with E-state index in [4.69, 9.17) is 0 Å². The molecule has 0 amide bonds. The smallest absolute Gasteiger partial charge is 0.111 e. The van der Waals surface area contributed by atoms with E-state index in [0.29, 0.717) is 6.04 Å². The molecule has 1 aromatic rings. The number of piperazine rings is 3. The average molecular weight is 223 g/mol. The zero-order valence-electron chi connectivity index (χ0n) is 9.15. The third-order valence-electron chi connectivity index (χ3n) is 3.48. The molecule has 0 aliphatic carbocycles. The molecule has 4 rings (SSSR count). The number of aromatic nitrogens is 1. The quantitative estimate of drug-likeness (QED) is 0.755. The van der Waals surface area contributed by atoms with E-state index in [2.05, 4.69) is 27.9 Å². The third-order valence-corrected chi connectivity index (χ3v) is 4.73. The van der Waals surface area contributed by atoms with E-state index in [1.807, 2.05) is 11.3 Å². The van der Waals surface area contributed by atoms with Gasteiger partial charge in [-0.05, 0) is 6.42 Å². The van der Waals surface area contributed by atoms with E-state index in [0.717, 1.165) is 6.42 Å². The number of nitrogens with zero attached hydrogens (tertiary/aromatic N) is 3. The van der Waals surface area contributed by atoms with Crippen molar-refractivity contribution in [3.63, 3.8) is 0 Å². The molecule has 2 bridgehead atoms. The van der Waals surface area contributed by atoms with Crippen LogP contribution in [0.2, 0.25) is 0 Å². The lowest BCUT2D eigenvalue weighted by atomic mass is 10.1. The summed E-state index contributed by atoms with van der Waals surface area (Å²) in [6, 6.07) is 0.581. The van der Waals surface area contributed by atoms with Crippen LogP contribution in [0.1, 0.15) is 22.9 Å². The molecule has 3 aliphatic rings. The van der Waals surface area contributed by atoms with Crippen LogP contribution in [-0.2, 0) is 6.42 Å². The van der Waals surface area contributed by atoms with Gasteiger partial charge in [-0.15, -0.1) is 11.3 Å². The van der Waals surface area contributed by atoms with Crippen molar-refractivity contribution in [1.82, 2.24) is 14.8 Å². The summed E-state index contributed by atoms with van der Waals surface area (Å²) >= 11 is 1.90. The molecule has 3 nitrogen and oxygen atoms in total. The Labute approximate surface area is 94.7 Å². The number of rotatable bonds is 2. The molecule has 3 saturated heterocycles. The van der Waals surface area contributed by atoms with Crippen LogP contribution in [0.15, 0.2) is 6.20 Å². The van der Waals surface area contributed by atoms with Gasteiger partial charge in [0.25, 0.3) is 0 Å². The highest BCUT2D eigenvalue weighted by Gasteiger charge is 2.34. The van der Waals surface area contributed by atoms with Crippen LogP contribution in [0.3, 0.4) is 0 Å². The molecule has 3 fully saturated rings. The molecule has 1 aromatic heterocycles. The monoisotopic (exact) mass is 223 g/mol. The zero-order chi connectivity index (χ0) is 10.3. The normalized spacial score (nSPS) is 34.6. The second kappa shape index (κ2) is 3.85. The largest absolute Gasteiger partial charge is 0.299 e. The van der Waals surface area contributed by atoms with Gasteiger partial charge in [0.1, 0.15) is 5.01 Å². The number of thiazole rings is 1. The van der Waals surface area contributed by atoms with Crippen LogP contribution in [-0.4, -0.2) is 47.5 Å². The zero-order valence-corrected chi connectivity index (χ0v) is 9.96. The van der Waals surface area contributed by atoms with Crippen molar-refractivity contribution < 1.29 is 0 Å². The van der Waals surface area contributed by atoms with Gasteiger partial charge in [-0.2, -0.15) is 0 Å². The SMILES string of the molecule is CCc1cnc(C2CN3CCN2CC3)s1. The van der Waals surface area contributed by atoms with E-state index >= 15 is 0 Å². The lowest BCUT2D eigenvalue weighted by molar-refractivity contribution is 0.0123. The van der Waals surface area contributed by atoms with Crippen LogP contribution >= 0.6 is 11.3 Å². The standard InChI is InChI=1S/C11H17N3S/c1-2-9-7-12-11(15-9)10-8-13-3-5-14(10)6-4-13/h7,10H,2-6,8H2,1H3. The van der Waals surface area contributed by atoms with E-state index < -0.39 is 0 Å². The van der Waals surface area contributed by atoms with Crippen molar-refractivity contribution in [2.75, 3.05) is 32.7 Å². The lowest BCUT2D eigenvalue weighted by Gasteiger charge is -2.46. The summed E-state index contributed by atoms with van der Waals surface area (Å²) in [5, 5.41) is 1.33. The molecule has 82 valence electrons. The molecular weight excluding hydrogens is 206 g/mol. The van der Waals surface area contributed by atoms with Crippen molar-refractivity contribution in [2.24, 2.45) is 0 Å². The second-order valence-electron chi connectivity index (χ2n) is 4.37. The highest BCUT2D eigenvalue weighted by atomic mass is 32.1. The van der Waals surface area contributed by atoms with Crippen LogP contribution in [0.5, 0.6) is 0 Å². The van der Waals surface area contributed by atoms with Crippen LogP contribution in [0, 0.1) is 0 Å². The van der Waals surface area contributed by atoms with Crippen LogP contribution in [0.4, 0.5) is 0 Å². The maximum Gasteiger partial charge on any atom is 0.111 e. The van der Waals surface area contributed by atoms with Crippen molar-refractivity contribution in [3.8, 4) is 0 Å². The summed E-state index contributed by atoms with van der Waals surface area (Å²) < 4.78 is 0. The first-order valence-corrected chi connectivity index (χ1v) is 6.59. The highest BCUT2D eigenvalue weighted by molar-refractivity contribution is 7.11. The summed E-state index contributed by atoms with van der Waals surface area (Å²) in [7, 11) is 0. The Morgan fingerprint density at radius 3 is 2.73 bits per heavy atom. The molecule has 3 aliphatic heterocycles. The lowest BCUT2D eigenvalue weighted by Crippen LogP contribution is -2.56. The fraction of sp³-hybridized carbons (Fsp3) is 0.727. The second-order valence-corrected chi connectivity index (χ2v) is 5.52. The van der Waals surface area contributed by atoms with E-state index in [1.54, 1.807) is 0 Å². The Morgan fingerprint density at radius 1 is 1.40 bits per heavy atom. The molecule has 0 aromatic carbocycles. The summed E-state index contributed by atoms with van der Waals surface area (Å²) in [5.74, 6) is 0. The molecule has 4 heterocycles. The molecule has 1 atom stereocenters. The molecular formula is C11H17N3S. The van der Waals surface area contributed by atoms with Gasteiger partial charge in [-0.3, -0.25) is 9.80 Å². The summed E-state index contributed by atoms with van der Waals surface area (Å²) in [6.07, 6.45) is 3.17. The number of hydrogen-bond donors (Lipinski definition) is 0. The van der Waals surface area contributed by atoms with Crippen molar-refractivity contribution in [2.45, 2.75) is 19.4 Å². The fourth-order valence-electron chi connectivity index (χ4n) is 2.49. The van der Waals surface area contributed by atoms with Gasteiger partial charge in [-0.25, -0.2) is 4.98 Å². The van der Waals surface area contributed by atoms with Crippen LogP contribution < -0.4 is 0 Å². The molecule has 0 radical (unpaired) electrons. The van der Waals surface area contributed by atoms with Crippen molar-refractivity contribution in [1.29, 1.82) is 0 Å². The first-order valence-electron chi connectivity index (χ1n) is 5.78. The molecule has 4 heteroatoms. The van der Waals surface area contributed by atoms with Gasteiger partial charge in [0.2, 0.25) is 0 Å². The first kappa shape index (κ1) is 9.75. The Balaban J connectivity index is 1.81. The molecule has 15 heavy (non-hydrogen) atoms. The minimum Gasteiger partial charge on any atom is -0.299 e. The van der Waals surface area contributed by atoms with Crippen LogP contribution in [0.25, 0.3) is 0 Å². The van der Waals surface area contributed by atoms with Gasteiger partial charge < -0.3 is 0 Å². The highest BCUT2D eigenvalue weighted by Crippen LogP contribution is 2.31. The Hall–Kier alpha value is -0.450. The molecule has 1 unspecified atom stereocenters. The summed E-state index contributed by atoms with van der Waals surface area (Å²) in [4.78, 5) is 11.2. The van der Waals surface area contributed by atoms with E-state index in [9.17, 15) is 0 Å². The topological polar surface area (TPSA) is 19.4 Å². The van der Waals surface area contributed by atoms with Gasteiger partial charge in [0.15, 0.2) is 0 Å². The predicted molar refractivity (Wildman–Crippen MR) is 62.2 cm³/mol. The third kappa shape index (κ3) is 1.71. The predicted octanol–water partition coefficient (Wildman–Crippen LogP) is 1.38. The number of aryl methyl sites for hydroxylation is 1. The average Bonchev–Trinajstić information content (AvgIpc) is 2.79. The summed E-state index contributed by atoms with van der Waals surface area (Å²) in [6.45, 7) is 8.35. The van der Waals surface area contributed by atoms with Gasteiger partial charge in [0, 0.05) is 43.8 Å². The van der Waals surface area contributed by atoms with Gasteiger partial charge in [0.05, 0.1) is 6.04 Å². The molecule has 0 spiro atoms. The maximum atomic E-state index is 4.58. The number of hydrogen-bond acceptors (Lipinski definition) is 4. The van der Waals surface area contributed by atoms with Crippen molar-refractivity contribution >= 4 is 11.3 Å². The van der Waals surface area contributed by atoms with E-state index in [1.165, 1.54) is 42.6 Å². The Morgan fingerprint density at radius 2 is 2.20 bits per heavy atom. The first-order chi connectivity index (χ1) is 7.36. The Bertz CT molecular complexity index is 341. The number of fused-ring (bicyclic) bond motifs is 3. The van der Waals surface area contributed by atoms with E-state index in [-0.39, 0.29) is 0 Å². The minimum absolute atomic E-state index is 0.581.